The summed E-state index contributed by atoms with van der Waals surface area (Å²) in [4.78, 5) is 58.1. The van der Waals surface area contributed by atoms with E-state index in [0.717, 1.165) is 28.4 Å². The maximum Gasteiger partial charge on any atom is 0.352 e. The third-order valence-electron chi connectivity index (χ3n) is 7.84. The Bertz CT molecular complexity index is 1900. The van der Waals surface area contributed by atoms with Crippen LogP contribution in [0.25, 0.3) is 0 Å². The van der Waals surface area contributed by atoms with Crippen LogP contribution in [0.5, 0.6) is 11.5 Å². The number of amides is 2. The van der Waals surface area contributed by atoms with Crippen molar-refractivity contribution in [3.63, 3.8) is 0 Å². The fraction of sp³-hybridized carbons (Fsp3) is 0.310. The van der Waals surface area contributed by atoms with Gasteiger partial charge in [-0.25, -0.2) is 9.48 Å². The van der Waals surface area contributed by atoms with Crippen LogP contribution in [0.1, 0.15) is 11.1 Å². The number of tetrazole rings is 1. The van der Waals surface area contributed by atoms with Crippen LogP contribution in [-0.2, 0) is 37.7 Å². The van der Waals surface area contributed by atoms with Crippen LogP contribution in [0.4, 0.5) is 0 Å². The van der Waals surface area contributed by atoms with Crippen molar-refractivity contribution >= 4 is 80.7 Å². The van der Waals surface area contributed by atoms with Crippen LogP contribution < -0.4 is 11.1 Å². The molecule has 2 aliphatic rings. The van der Waals surface area contributed by atoms with Crippen LogP contribution in [0.15, 0.2) is 69.0 Å². The molecule has 7 N–H and O–H groups in total. The summed E-state index contributed by atoms with van der Waals surface area (Å²) >= 11 is 6.16. The second-order valence-corrected chi connectivity index (χ2v) is 15.1. The second kappa shape index (κ2) is 14.9. The lowest BCUT2D eigenvalue weighted by Gasteiger charge is -2.57. The number of carbonyl (C=O) groups is 4. The number of carboxylic acid groups (broad SMARTS) is 2. The van der Waals surface area contributed by atoms with Gasteiger partial charge in [0.05, 0.1) is 9.85 Å². The van der Waals surface area contributed by atoms with E-state index in [9.17, 15) is 39.6 Å². The van der Waals surface area contributed by atoms with Crippen molar-refractivity contribution in [1.29, 1.82) is 0 Å². The molecule has 264 valence electrons. The van der Waals surface area contributed by atoms with Crippen molar-refractivity contribution < 1.29 is 44.4 Å². The summed E-state index contributed by atoms with van der Waals surface area (Å²) < 4.78 is 1.68. The van der Waals surface area contributed by atoms with Crippen molar-refractivity contribution in [3.05, 3.63) is 69.8 Å². The Morgan fingerprint density at radius 1 is 1.20 bits per heavy atom. The van der Waals surface area contributed by atoms with E-state index in [0.29, 0.717) is 21.8 Å². The summed E-state index contributed by atoms with van der Waals surface area (Å²) in [6.45, 7) is -0.189. The molecule has 0 aliphatic carbocycles. The molecule has 0 radical (unpaired) electrons. The minimum Gasteiger partial charge on any atom is -0.508 e. The molecule has 21 heteroatoms. The number of halogens is 1. The molecule has 50 heavy (non-hydrogen) atoms. The molecule has 17 nitrogen and oxygen atoms in total. The average Bonchev–Trinajstić information content (AvgIpc) is 3.47. The Balaban J connectivity index is 1.60. The number of phenols is 2. The topological polar surface area (TPSA) is 256 Å². The van der Waals surface area contributed by atoms with Gasteiger partial charge in [-0.05, 0) is 80.7 Å². The monoisotopic (exact) mass is 808 g/mol. The number of thioether (sulfide) groups is 3. The number of fused-ring (bicyclic) bond motifs is 1. The summed E-state index contributed by atoms with van der Waals surface area (Å²) in [6.07, 6.45) is 2.99. The molecule has 0 saturated carbocycles. The number of rotatable bonds is 14. The van der Waals surface area contributed by atoms with E-state index in [1.54, 1.807) is 18.4 Å². The number of nitrogens with two attached hydrogens (primary N) is 1. The van der Waals surface area contributed by atoms with Crippen LogP contribution >= 0.6 is 51.2 Å². The minimum atomic E-state index is -2.61. The molecule has 1 saturated heterocycles. The van der Waals surface area contributed by atoms with Gasteiger partial charge >= 0.3 is 11.9 Å². The number of carbonyl (C=O) groups excluding carboxylic acids is 2. The van der Waals surface area contributed by atoms with Gasteiger partial charge in [-0.2, -0.15) is 11.8 Å². The largest absolute Gasteiger partial charge is 0.508 e. The SMILES string of the molecule is CSCC(NC(=O)/C(=N/OCc1ccc(Br)c(O)c1)c1ccc(O)cc1)(Sc1nnnn1C)C(N)(C(=O)O)C1C(=O)N2C(C(=O)O)=CCSC12. The number of carboxylic acids is 2. The van der Waals surface area contributed by atoms with Crippen molar-refractivity contribution in [1.82, 2.24) is 30.4 Å². The summed E-state index contributed by atoms with van der Waals surface area (Å²) in [5.41, 5.74) is 4.32. The standard InChI is InChI=1S/C29H29BrN8O9S3/c1-37-27(33-35-36-37)50-28(13-48-2,29(31,26(45)46)20-23(42)38-18(25(43)44)9-10-49-24(20)38)32-22(41)21(15-4-6-16(39)7-5-15)34-47-12-14-3-8-17(30)19(40)11-14/h3-9,11,20,24,39-40H,10,12-13,31H2,1-2H3,(H,32,41)(H,43,44)(H,45,46)/b34-21+. The molecule has 2 aliphatic heterocycles. The van der Waals surface area contributed by atoms with Crippen molar-refractivity contribution in [2.45, 2.75) is 27.5 Å². The van der Waals surface area contributed by atoms with E-state index in [-0.39, 0.29) is 51.7 Å². The Labute approximate surface area is 304 Å². The van der Waals surface area contributed by atoms with Gasteiger partial charge in [0, 0.05) is 24.1 Å². The molecule has 3 aromatic rings. The number of nitrogens with one attached hydrogen (secondary N) is 1. The number of β-lactam (4-membered cyclic amide) rings is 1. The fourth-order valence-corrected chi connectivity index (χ4v) is 9.33. The van der Waals surface area contributed by atoms with Gasteiger partial charge in [-0.15, -0.1) is 16.9 Å². The Morgan fingerprint density at radius 2 is 1.92 bits per heavy atom. The van der Waals surface area contributed by atoms with Gasteiger partial charge in [-0.3, -0.25) is 19.3 Å². The summed E-state index contributed by atoms with van der Waals surface area (Å²) in [5.74, 6) is -6.60. The zero-order valence-electron chi connectivity index (χ0n) is 26.1. The fourth-order valence-electron chi connectivity index (χ4n) is 5.35. The zero-order valence-corrected chi connectivity index (χ0v) is 30.1. The first-order valence-electron chi connectivity index (χ1n) is 14.3. The lowest BCUT2D eigenvalue weighted by molar-refractivity contribution is -0.166. The van der Waals surface area contributed by atoms with Crippen molar-refractivity contribution in [3.8, 4) is 11.5 Å². The molecule has 1 aromatic heterocycles. The van der Waals surface area contributed by atoms with Crippen molar-refractivity contribution in [2.24, 2.45) is 23.9 Å². The van der Waals surface area contributed by atoms with Crippen LogP contribution in [0, 0.1) is 5.92 Å². The molecular formula is C29H29BrN8O9S3. The maximum absolute atomic E-state index is 14.4. The van der Waals surface area contributed by atoms with E-state index < -0.39 is 45.5 Å². The maximum atomic E-state index is 14.4. The lowest BCUT2D eigenvalue weighted by Crippen LogP contribution is -2.83. The van der Waals surface area contributed by atoms with Gasteiger partial charge in [0.2, 0.25) is 11.1 Å². The van der Waals surface area contributed by atoms with Crippen LogP contribution in [0.2, 0.25) is 0 Å². The number of benzene rings is 2. The van der Waals surface area contributed by atoms with Crippen LogP contribution in [0.3, 0.4) is 0 Å². The summed E-state index contributed by atoms with van der Waals surface area (Å²) in [6, 6.07) is 10.1. The first-order valence-corrected chi connectivity index (χ1v) is 18.4. The number of hydrogen-bond acceptors (Lipinski definition) is 15. The van der Waals surface area contributed by atoms with Gasteiger partial charge in [0.15, 0.2) is 11.3 Å². The Kier molecular flexibility index (Phi) is 11.0. The number of aryl methyl sites for hydroxylation is 1. The number of oxime groups is 1. The summed E-state index contributed by atoms with van der Waals surface area (Å²) in [5, 5.41) is 58.0. The first kappa shape index (κ1) is 37.0. The third-order valence-corrected chi connectivity index (χ3v) is 12.1. The molecule has 4 unspecified atom stereocenters. The molecule has 4 atom stereocenters. The van der Waals surface area contributed by atoms with Crippen molar-refractivity contribution in [2.75, 3.05) is 17.8 Å². The number of phenolic OH excluding ortho intramolecular Hbond substituents is 2. The van der Waals surface area contributed by atoms with Gasteiger partial charge in [0.25, 0.3) is 5.91 Å². The molecular weight excluding hydrogens is 780 g/mol. The Hall–Kier alpha value is -4.31. The van der Waals surface area contributed by atoms with Gasteiger partial charge < -0.3 is 36.3 Å². The minimum absolute atomic E-state index is 0.0379. The quantitative estimate of drug-likeness (QED) is 0.0444. The number of aromatic hydroxyl groups is 2. The average molecular weight is 810 g/mol. The van der Waals surface area contributed by atoms with E-state index in [2.05, 4.69) is 41.9 Å². The molecule has 0 bridgehead atoms. The second-order valence-electron chi connectivity index (χ2n) is 10.9. The molecule has 3 heterocycles. The van der Waals surface area contributed by atoms with Gasteiger partial charge in [0.1, 0.15) is 34.6 Å². The Morgan fingerprint density at radius 3 is 2.52 bits per heavy atom. The number of aliphatic carboxylic acids is 2. The van der Waals surface area contributed by atoms with Gasteiger partial charge in [-0.1, -0.05) is 23.0 Å². The highest BCUT2D eigenvalue weighted by Crippen LogP contribution is 2.52. The molecule has 2 amide bonds. The molecule has 1 fully saturated rings. The number of hydrogen-bond donors (Lipinski definition) is 6. The highest BCUT2D eigenvalue weighted by molar-refractivity contribution is 9.10. The highest BCUT2D eigenvalue weighted by atomic mass is 79.9. The molecule has 0 spiro atoms. The molecule has 5 rings (SSSR count). The first-order chi connectivity index (χ1) is 23.7. The smallest absolute Gasteiger partial charge is 0.352 e. The lowest BCUT2D eigenvalue weighted by atomic mass is 9.72. The van der Waals surface area contributed by atoms with Crippen LogP contribution in [-0.4, -0.2) is 109 Å². The van der Waals surface area contributed by atoms with E-state index in [1.807, 2.05) is 0 Å². The number of nitrogens with zero attached hydrogens (tertiary/aromatic N) is 6. The molecule has 2 aromatic carbocycles. The highest BCUT2D eigenvalue weighted by Gasteiger charge is 2.71. The zero-order chi connectivity index (χ0) is 36.4. The van der Waals surface area contributed by atoms with E-state index in [4.69, 9.17) is 10.6 Å². The van der Waals surface area contributed by atoms with E-state index in [1.165, 1.54) is 48.1 Å². The predicted octanol–water partition coefficient (Wildman–Crippen LogP) is 1.55. The van der Waals surface area contributed by atoms with E-state index >= 15 is 0 Å². The third kappa shape index (κ3) is 6.87. The predicted molar refractivity (Wildman–Crippen MR) is 186 cm³/mol. The summed E-state index contributed by atoms with van der Waals surface area (Å²) in [7, 11) is 1.49. The number of aromatic nitrogens is 4. The normalized spacial score (nSPS) is 19.7.